The van der Waals surface area contributed by atoms with Crippen molar-refractivity contribution >= 4 is 43.6 Å². The first kappa shape index (κ1) is 24.8. The third-order valence-electron chi connectivity index (χ3n) is 4.67. The highest BCUT2D eigenvalue weighted by atomic mass is 79.9. The van der Waals surface area contributed by atoms with Crippen LogP contribution in [0.1, 0.15) is 45.8 Å². The van der Waals surface area contributed by atoms with Gasteiger partial charge in [0.05, 0.1) is 11.1 Å². The van der Waals surface area contributed by atoms with Gasteiger partial charge in [-0.2, -0.15) is 26.3 Å². The Morgan fingerprint density at radius 2 is 1.59 bits per heavy atom. The zero-order valence-corrected chi connectivity index (χ0v) is 19.1. The van der Waals surface area contributed by atoms with Crippen molar-refractivity contribution in [3.8, 4) is 0 Å². The van der Waals surface area contributed by atoms with Gasteiger partial charge < -0.3 is 5.32 Å². The number of rotatable bonds is 5. The van der Waals surface area contributed by atoms with E-state index in [9.17, 15) is 35.5 Å². The van der Waals surface area contributed by atoms with Crippen LogP contribution in [0.5, 0.6) is 0 Å². The molecule has 1 atom stereocenters. The molecule has 0 heterocycles. The van der Waals surface area contributed by atoms with E-state index < -0.39 is 46.7 Å². The van der Waals surface area contributed by atoms with Crippen LogP contribution in [0.2, 0.25) is 0 Å². The molecule has 0 saturated heterocycles. The Hall–Kier alpha value is -1.88. The van der Waals surface area contributed by atoms with Gasteiger partial charge in [-0.25, -0.2) is 4.39 Å². The molecular formula is C21H14Br2F7NO. The summed E-state index contributed by atoms with van der Waals surface area (Å²) < 4.78 is 96.8. The summed E-state index contributed by atoms with van der Waals surface area (Å²) >= 11 is 6.12. The third kappa shape index (κ3) is 6.12. The predicted octanol–water partition coefficient (Wildman–Crippen LogP) is 7.78. The van der Waals surface area contributed by atoms with Crippen LogP contribution in [-0.4, -0.2) is 18.1 Å². The minimum Gasteiger partial charge on any atom is -0.349 e. The van der Waals surface area contributed by atoms with Gasteiger partial charge >= 0.3 is 12.4 Å². The number of amides is 1. The number of carbonyl (C=O) groups excluding carboxylic acids is 1. The molecule has 1 amide bonds. The van der Waals surface area contributed by atoms with Gasteiger partial charge in [0.15, 0.2) is 0 Å². The summed E-state index contributed by atoms with van der Waals surface area (Å²) in [6, 6.07) is 5.51. The van der Waals surface area contributed by atoms with Crippen molar-refractivity contribution in [1.82, 2.24) is 5.32 Å². The summed E-state index contributed by atoms with van der Waals surface area (Å²) in [4.78, 5) is 12.1. The van der Waals surface area contributed by atoms with Crippen molar-refractivity contribution in [2.24, 2.45) is 0 Å². The first-order chi connectivity index (χ1) is 14.8. The minimum absolute atomic E-state index is 0.211. The van der Waals surface area contributed by atoms with Crippen LogP contribution < -0.4 is 5.32 Å². The van der Waals surface area contributed by atoms with Crippen LogP contribution in [0.15, 0.2) is 51.4 Å². The monoisotopic (exact) mass is 587 g/mol. The fourth-order valence-electron chi connectivity index (χ4n) is 2.99. The lowest BCUT2D eigenvalue weighted by Gasteiger charge is -2.19. The lowest BCUT2D eigenvalue weighted by molar-refractivity contribution is -0.140. The van der Waals surface area contributed by atoms with E-state index in [1.165, 1.54) is 6.07 Å². The SMILES string of the molecule is O=C(NC1CC1)c1ccc(C(F)=CC(c2cc(Br)cc(Br)c2)C(F)(F)F)cc1C(F)(F)F. The van der Waals surface area contributed by atoms with Gasteiger partial charge in [-0.05, 0) is 54.8 Å². The maximum absolute atomic E-state index is 14.8. The Kier molecular flexibility index (Phi) is 7.09. The smallest absolute Gasteiger partial charge is 0.349 e. The van der Waals surface area contributed by atoms with Crippen molar-refractivity contribution in [1.29, 1.82) is 0 Å². The fourth-order valence-corrected chi connectivity index (χ4v) is 4.32. The molecule has 1 unspecified atom stereocenters. The molecule has 1 saturated carbocycles. The molecule has 2 aromatic carbocycles. The Morgan fingerprint density at radius 1 is 1.00 bits per heavy atom. The summed E-state index contributed by atoms with van der Waals surface area (Å²) in [6.07, 6.45) is -8.41. The van der Waals surface area contributed by atoms with Crippen LogP contribution in [0, 0.1) is 0 Å². The first-order valence-electron chi connectivity index (χ1n) is 9.18. The van der Waals surface area contributed by atoms with Gasteiger partial charge in [0.1, 0.15) is 11.7 Å². The highest BCUT2D eigenvalue weighted by molar-refractivity contribution is 9.11. The molecule has 0 spiro atoms. The maximum Gasteiger partial charge on any atom is 0.417 e. The van der Waals surface area contributed by atoms with Crippen molar-refractivity contribution in [3.05, 3.63) is 73.7 Å². The van der Waals surface area contributed by atoms with Crippen molar-refractivity contribution in [3.63, 3.8) is 0 Å². The average molecular weight is 589 g/mol. The third-order valence-corrected chi connectivity index (χ3v) is 5.58. The first-order valence-corrected chi connectivity index (χ1v) is 10.8. The topological polar surface area (TPSA) is 29.1 Å². The number of hydrogen-bond acceptors (Lipinski definition) is 1. The Morgan fingerprint density at radius 3 is 2.09 bits per heavy atom. The Labute approximate surface area is 195 Å². The summed E-state index contributed by atoms with van der Waals surface area (Å²) in [6.45, 7) is 0. The summed E-state index contributed by atoms with van der Waals surface area (Å²) in [5.74, 6) is -4.88. The van der Waals surface area contributed by atoms with E-state index >= 15 is 0 Å². The second kappa shape index (κ2) is 9.17. The van der Waals surface area contributed by atoms with Crippen LogP contribution in [-0.2, 0) is 6.18 Å². The van der Waals surface area contributed by atoms with E-state index in [0.717, 1.165) is 24.3 Å². The molecular weight excluding hydrogens is 575 g/mol. The van der Waals surface area contributed by atoms with Crippen LogP contribution in [0.3, 0.4) is 0 Å². The molecule has 2 aromatic rings. The zero-order valence-electron chi connectivity index (χ0n) is 15.9. The van der Waals surface area contributed by atoms with Crippen molar-refractivity contribution in [2.45, 2.75) is 37.2 Å². The fraction of sp³-hybridized carbons (Fsp3) is 0.286. The number of halogens is 9. The quantitative estimate of drug-likeness (QED) is 0.355. The molecule has 11 heteroatoms. The summed E-state index contributed by atoms with van der Waals surface area (Å²) in [5.41, 5.74) is -3.18. The standard InChI is InChI=1S/C21H14Br2F7NO/c22-12-5-11(6-13(23)8-12)16(20(25,26)27)9-18(24)10-1-4-15(17(7-10)21(28,29)30)19(32)31-14-2-3-14/h1,4-9,14,16H,2-3H2,(H,31,32). The van der Waals surface area contributed by atoms with Crippen LogP contribution >= 0.6 is 31.9 Å². The van der Waals surface area contributed by atoms with Crippen molar-refractivity contribution in [2.75, 3.05) is 0 Å². The highest BCUT2D eigenvalue weighted by Crippen LogP contribution is 2.41. The predicted molar refractivity (Wildman–Crippen MR) is 112 cm³/mol. The second-order valence-corrected chi connectivity index (χ2v) is 9.07. The molecule has 0 aromatic heterocycles. The molecule has 1 N–H and O–H groups in total. The van der Waals surface area contributed by atoms with E-state index in [1.54, 1.807) is 0 Å². The molecule has 0 bridgehead atoms. The summed E-state index contributed by atoms with van der Waals surface area (Å²) in [5, 5.41) is 2.41. The lowest BCUT2D eigenvalue weighted by atomic mass is 9.95. The number of hydrogen-bond donors (Lipinski definition) is 1. The van der Waals surface area contributed by atoms with Gasteiger partial charge in [0, 0.05) is 20.6 Å². The van der Waals surface area contributed by atoms with E-state index in [0.29, 0.717) is 27.9 Å². The molecule has 0 radical (unpaired) electrons. The average Bonchev–Trinajstić information content (AvgIpc) is 3.46. The number of carbonyl (C=O) groups is 1. The second-order valence-electron chi connectivity index (χ2n) is 7.24. The largest absolute Gasteiger partial charge is 0.417 e. The molecule has 1 fully saturated rings. The number of alkyl halides is 6. The molecule has 1 aliphatic carbocycles. The van der Waals surface area contributed by atoms with E-state index in [-0.39, 0.29) is 17.7 Å². The molecule has 32 heavy (non-hydrogen) atoms. The number of allylic oxidation sites excluding steroid dienone is 1. The highest BCUT2D eigenvalue weighted by Gasteiger charge is 2.41. The van der Waals surface area contributed by atoms with Crippen LogP contribution in [0.4, 0.5) is 30.7 Å². The van der Waals surface area contributed by atoms with Gasteiger partial charge in [-0.3, -0.25) is 4.79 Å². The number of nitrogens with one attached hydrogen (secondary N) is 1. The Bertz CT molecular complexity index is 1040. The molecule has 2 nitrogen and oxygen atoms in total. The molecule has 3 rings (SSSR count). The van der Waals surface area contributed by atoms with E-state index in [4.69, 9.17) is 0 Å². The van der Waals surface area contributed by atoms with Gasteiger partial charge in [-0.15, -0.1) is 0 Å². The zero-order chi connectivity index (χ0) is 23.8. The van der Waals surface area contributed by atoms with Crippen LogP contribution in [0.25, 0.3) is 5.83 Å². The number of benzene rings is 2. The van der Waals surface area contributed by atoms with E-state index in [2.05, 4.69) is 37.2 Å². The lowest BCUT2D eigenvalue weighted by Crippen LogP contribution is -2.28. The molecule has 0 aliphatic heterocycles. The van der Waals surface area contributed by atoms with Crippen molar-refractivity contribution < 1.29 is 35.5 Å². The molecule has 172 valence electrons. The Balaban J connectivity index is 2.03. The molecule has 1 aliphatic rings. The maximum atomic E-state index is 14.8. The van der Waals surface area contributed by atoms with E-state index in [1.807, 2.05) is 0 Å². The van der Waals surface area contributed by atoms with Gasteiger partial charge in [0.25, 0.3) is 5.91 Å². The van der Waals surface area contributed by atoms with Gasteiger partial charge in [0.2, 0.25) is 0 Å². The minimum atomic E-state index is -5.01. The summed E-state index contributed by atoms with van der Waals surface area (Å²) in [7, 11) is 0. The van der Waals surface area contributed by atoms with Gasteiger partial charge in [-0.1, -0.05) is 37.9 Å². The normalized spacial score (nSPS) is 16.1.